The minimum atomic E-state index is -0.353. The molecule has 5 nitrogen and oxygen atoms in total. The molecule has 0 fully saturated rings. The van der Waals surface area contributed by atoms with E-state index in [-0.39, 0.29) is 25.0 Å². The van der Waals surface area contributed by atoms with Crippen LogP contribution in [0, 0.1) is 0 Å². The van der Waals surface area contributed by atoms with Crippen molar-refractivity contribution in [2.75, 3.05) is 20.3 Å². The van der Waals surface area contributed by atoms with E-state index in [1.54, 1.807) is 12.1 Å². The molecule has 0 heterocycles. The first-order valence-electron chi connectivity index (χ1n) is 5.12. The van der Waals surface area contributed by atoms with Gasteiger partial charge in [0.2, 0.25) is 0 Å². The summed E-state index contributed by atoms with van der Waals surface area (Å²) < 4.78 is 5.56. The molecule has 0 aliphatic heterocycles. The molecule has 0 saturated heterocycles. The predicted molar refractivity (Wildman–Crippen MR) is 67.2 cm³/mol. The molecule has 96 valence electrons. The van der Waals surface area contributed by atoms with Gasteiger partial charge in [-0.1, -0.05) is 0 Å². The number of aliphatic hydroxyl groups excluding tert-OH is 2. The molecule has 0 spiro atoms. The average Bonchev–Trinajstić information content (AvgIpc) is 2.34. The van der Waals surface area contributed by atoms with Crippen molar-refractivity contribution in [3.63, 3.8) is 0 Å². The van der Waals surface area contributed by atoms with Crippen molar-refractivity contribution >= 4 is 15.9 Å². The normalized spacial score (nSPS) is 10.9. The van der Waals surface area contributed by atoms with Crippen molar-refractivity contribution in [3.8, 4) is 11.5 Å². The van der Waals surface area contributed by atoms with Gasteiger partial charge in [-0.15, -0.1) is 0 Å². The molecule has 0 unspecified atom stereocenters. The Bertz CT molecular complexity index is 369. The first-order chi connectivity index (χ1) is 8.12. The maximum absolute atomic E-state index is 9.62. The van der Waals surface area contributed by atoms with Gasteiger partial charge in [-0.25, -0.2) is 0 Å². The molecule has 0 aromatic heterocycles. The van der Waals surface area contributed by atoms with E-state index in [9.17, 15) is 5.11 Å². The summed E-state index contributed by atoms with van der Waals surface area (Å²) in [4.78, 5) is 0. The minimum Gasteiger partial charge on any atom is -0.503 e. The Hall–Kier alpha value is -0.820. The first-order valence-corrected chi connectivity index (χ1v) is 5.92. The Morgan fingerprint density at radius 3 is 2.53 bits per heavy atom. The van der Waals surface area contributed by atoms with Gasteiger partial charge >= 0.3 is 0 Å². The maximum atomic E-state index is 9.62. The van der Waals surface area contributed by atoms with Crippen molar-refractivity contribution in [3.05, 3.63) is 22.2 Å². The number of aliphatic hydroxyl groups is 2. The number of phenols is 1. The van der Waals surface area contributed by atoms with Gasteiger partial charge in [-0.3, -0.25) is 0 Å². The van der Waals surface area contributed by atoms with E-state index in [4.69, 9.17) is 14.9 Å². The highest BCUT2D eigenvalue weighted by Gasteiger charge is 2.10. The Labute approximate surface area is 108 Å². The van der Waals surface area contributed by atoms with E-state index in [1.165, 1.54) is 7.11 Å². The van der Waals surface area contributed by atoms with Gasteiger partial charge < -0.3 is 25.4 Å². The monoisotopic (exact) mass is 305 g/mol. The van der Waals surface area contributed by atoms with Crippen LogP contribution in [0.2, 0.25) is 0 Å². The highest BCUT2D eigenvalue weighted by Crippen LogP contribution is 2.35. The van der Waals surface area contributed by atoms with Crippen LogP contribution in [0.1, 0.15) is 5.56 Å². The van der Waals surface area contributed by atoms with E-state index in [0.717, 1.165) is 5.56 Å². The number of aromatic hydroxyl groups is 1. The molecule has 0 radical (unpaired) electrons. The Morgan fingerprint density at radius 2 is 2.00 bits per heavy atom. The molecule has 1 rings (SSSR count). The van der Waals surface area contributed by atoms with Gasteiger partial charge in [-0.2, -0.15) is 0 Å². The average molecular weight is 306 g/mol. The van der Waals surface area contributed by atoms with Gasteiger partial charge in [-0.05, 0) is 33.6 Å². The third-order valence-electron chi connectivity index (χ3n) is 2.34. The van der Waals surface area contributed by atoms with Gasteiger partial charge in [0.25, 0.3) is 0 Å². The molecule has 0 aliphatic rings. The van der Waals surface area contributed by atoms with Crippen LogP contribution in [0.3, 0.4) is 0 Å². The third-order valence-corrected chi connectivity index (χ3v) is 2.95. The van der Waals surface area contributed by atoms with Crippen LogP contribution >= 0.6 is 15.9 Å². The van der Waals surface area contributed by atoms with Crippen molar-refractivity contribution in [1.82, 2.24) is 5.32 Å². The summed E-state index contributed by atoms with van der Waals surface area (Å²) in [5.41, 5.74) is 0.874. The summed E-state index contributed by atoms with van der Waals surface area (Å²) >= 11 is 3.22. The van der Waals surface area contributed by atoms with Crippen LogP contribution in [0.5, 0.6) is 11.5 Å². The number of hydrogen-bond donors (Lipinski definition) is 4. The second-order valence-corrected chi connectivity index (χ2v) is 4.43. The van der Waals surface area contributed by atoms with Crippen LogP contribution in [-0.4, -0.2) is 41.7 Å². The zero-order chi connectivity index (χ0) is 12.8. The van der Waals surface area contributed by atoms with Crippen LogP contribution < -0.4 is 10.1 Å². The fraction of sp³-hybridized carbons (Fsp3) is 0.455. The molecule has 0 amide bonds. The van der Waals surface area contributed by atoms with E-state index >= 15 is 0 Å². The number of halogens is 1. The van der Waals surface area contributed by atoms with E-state index in [1.807, 2.05) is 0 Å². The minimum absolute atomic E-state index is 0.0529. The van der Waals surface area contributed by atoms with Gasteiger partial charge in [0.15, 0.2) is 11.5 Å². The predicted octanol–water partition coefficient (Wildman–Crippen LogP) is 0.606. The molecule has 0 atom stereocenters. The highest BCUT2D eigenvalue weighted by molar-refractivity contribution is 9.10. The standard InChI is InChI=1S/C11H16BrNO4/c1-17-10-3-7(2-9(12)11(10)16)4-13-8(5-14)6-15/h2-3,8,13-16H,4-6H2,1H3. The zero-order valence-corrected chi connectivity index (χ0v) is 11.1. The Kier molecular flexibility index (Phi) is 5.70. The van der Waals surface area contributed by atoms with Crippen molar-refractivity contribution < 1.29 is 20.1 Å². The molecule has 0 saturated carbocycles. The molecule has 0 aliphatic carbocycles. The smallest absolute Gasteiger partial charge is 0.172 e. The number of phenolic OH excluding ortho intramolecular Hbond substituents is 1. The fourth-order valence-electron chi connectivity index (χ4n) is 1.33. The quantitative estimate of drug-likeness (QED) is 0.619. The van der Waals surface area contributed by atoms with Crippen LogP contribution in [-0.2, 0) is 6.54 Å². The summed E-state index contributed by atoms with van der Waals surface area (Å²) in [6, 6.07) is 3.09. The van der Waals surface area contributed by atoms with Crippen LogP contribution in [0.15, 0.2) is 16.6 Å². The van der Waals surface area contributed by atoms with Gasteiger partial charge in [0, 0.05) is 6.54 Å². The maximum Gasteiger partial charge on any atom is 0.172 e. The summed E-state index contributed by atoms with van der Waals surface area (Å²) in [5, 5.41) is 30.4. The molecule has 1 aromatic carbocycles. The fourth-order valence-corrected chi connectivity index (χ4v) is 1.82. The SMILES string of the molecule is COc1cc(CNC(CO)CO)cc(Br)c1O. The lowest BCUT2D eigenvalue weighted by Crippen LogP contribution is -2.35. The number of rotatable bonds is 6. The zero-order valence-electron chi connectivity index (χ0n) is 9.48. The Balaban J connectivity index is 2.75. The topological polar surface area (TPSA) is 82.0 Å². The molecular weight excluding hydrogens is 290 g/mol. The number of nitrogens with one attached hydrogen (secondary N) is 1. The summed E-state index contributed by atoms with van der Waals surface area (Å²) in [7, 11) is 1.48. The second-order valence-electron chi connectivity index (χ2n) is 3.57. The number of hydrogen-bond acceptors (Lipinski definition) is 5. The molecule has 0 bridgehead atoms. The van der Waals surface area contributed by atoms with Crippen molar-refractivity contribution in [2.45, 2.75) is 12.6 Å². The van der Waals surface area contributed by atoms with Gasteiger partial charge in [0.05, 0.1) is 30.8 Å². The first kappa shape index (κ1) is 14.2. The second kappa shape index (κ2) is 6.80. The Morgan fingerprint density at radius 1 is 1.35 bits per heavy atom. The molecule has 17 heavy (non-hydrogen) atoms. The number of ether oxygens (including phenoxy) is 1. The van der Waals surface area contributed by atoms with E-state index < -0.39 is 0 Å². The number of methoxy groups -OCH3 is 1. The van der Waals surface area contributed by atoms with Crippen molar-refractivity contribution in [1.29, 1.82) is 0 Å². The molecular formula is C11H16BrNO4. The lowest BCUT2D eigenvalue weighted by molar-refractivity contribution is 0.170. The van der Waals surface area contributed by atoms with Crippen LogP contribution in [0.25, 0.3) is 0 Å². The lowest BCUT2D eigenvalue weighted by Gasteiger charge is -2.14. The van der Waals surface area contributed by atoms with Gasteiger partial charge in [0.1, 0.15) is 0 Å². The van der Waals surface area contributed by atoms with E-state index in [2.05, 4.69) is 21.2 Å². The molecule has 6 heteroatoms. The van der Waals surface area contributed by atoms with E-state index in [0.29, 0.717) is 16.8 Å². The molecule has 4 N–H and O–H groups in total. The largest absolute Gasteiger partial charge is 0.503 e. The summed E-state index contributed by atoms with van der Waals surface area (Å²) in [6.07, 6.45) is 0. The van der Waals surface area contributed by atoms with Crippen molar-refractivity contribution in [2.24, 2.45) is 0 Å². The van der Waals surface area contributed by atoms with Crippen LogP contribution in [0.4, 0.5) is 0 Å². The number of benzene rings is 1. The lowest BCUT2D eigenvalue weighted by atomic mass is 10.2. The molecule has 1 aromatic rings. The summed E-state index contributed by atoms with van der Waals surface area (Å²) in [6.45, 7) is 0.195. The summed E-state index contributed by atoms with van der Waals surface area (Å²) in [5.74, 6) is 0.429. The highest BCUT2D eigenvalue weighted by atomic mass is 79.9. The third kappa shape index (κ3) is 3.85.